The topological polar surface area (TPSA) is 42.2 Å². The van der Waals surface area contributed by atoms with Crippen LogP contribution in [0.2, 0.25) is 0 Å². The largest absolute Gasteiger partial charge is 0.478 e. The molecule has 74 valence electrons. The number of carboxylic acid groups (broad SMARTS) is 1. The van der Waals surface area contributed by atoms with Gasteiger partial charge in [-0.15, -0.1) is 0 Å². The molecule has 0 aliphatic heterocycles. The van der Waals surface area contributed by atoms with Crippen LogP contribution in [-0.4, -0.2) is 15.6 Å². The molecule has 1 N–H and O–H groups in total. The number of hydrogen-bond acceptors (Lipinski definition) is 1. The number of aryl methyl sites for hydroxylation is 1. The van der Waals surface area contributed by atoms with Gasteiger partial charge in [0.2, 0.25) is 0 Å². The molecule has 0 saturated heterocycles. The molecule has 0 aliphatic rings. The highest BCUT2D eigenvalue weighted by atomic mass is 16.4. The first-order chi connectivity index (χ1) is 6.59. The third-order valence-electron chi connectivity index (χ3n) is 1.85. The van der Waals surface area contributed by atoms with Crippen molar-refractivity contribution in [2.24, 2.45) is 7.05 Å². The van der Waals surface area contributed by atoms with Gasteiger partial charge in [-0.1, -0.05) is 6.08 Å². The van der Waals surface area contributed by atoms with E-state index in [9.17, 15) is 4.79 Å². The Bertz CT molecular complexity index is 386. The predicted molar refractivity (Wildman–Crippen MR) is 55.8 cm³/mol. The van der Waals surface area contributed by atoms with E-state index < -0.39 is 5.97 Å². The second kappa shape index (κ2) is 4.46. The fourth-order valence-electron chi connectivity index (χ4n) is 1.11. The Morgan fingerprint density at radius 2 is 2.29 bits per heavy atom. The Morgan fingerprint density at radius 1 is 1.57 bits per heavy atom. The lowest BCUT2D eigenvalue weighted by molar-refractivity contribution is -0.131. The van der Waals surface area contributed by atoms with Crippen LogP contribution in [0.25, 0.3) is 6.08 Å². The number of aromatic nitrogens is 1. The minimum absolute atomic E-state index is 0.721. The van der Waals surface area contributed by atoms with E-state index >= 15 is 0 Å². The van der Waals surface area contributed by atoms with E-state index in [0.29, 0.717) is 0 Å². The van der Waals surface area contributed by atoms with Crippen LogP contribution in [0.15, 0.2) is 36.1 Å². The first-order valence-electron chi connectivity index (χ1n) is 4.30. The van der Waals surface area contributed by atoms with Crippen LogP contribution < -0.4 is 0 Å². The first kappa shape index (κ1) is 10.3. The first-order valence-corrected chi connectivity index (χ1v) is 4.30. The lowest BCUT2D eigenvalue weighted by atomic mass is 10.2. The van der Waals surface area contributed by atoms with Gasteiger partial charge in [0.15, 0.2) is 0 Å². The number of carboxylic acids is 1. The number of carbonyl (C=O) groups is 1. The van der Waals surface area contributed by atoms with Gasteiger partial charge in [0.25, 0.3) is 0 Å². The Morgan fingerprint density at radius 3 is 2.79 bits per heavy atom. The van der Waals surface area contributed by atoms with Gasteiger partial charge in [-0.3, -0.25) is 0 Å². The van der Waals surface area contributed by atoms with E-state index in [0.717, 1.165) is 11.3 Å². The maximum Gasteiger partial charge on any atom is 0.328 e. The summed E-state index contributed by atoms with van der Waals surface area (Å²) in [5, 5.41) is 8.48. The lowest BCUT2D eigenvalue weighted by Gasteiger charge is -1.95. The van der Waals surface area contributed by atoms with Crippen molar-refractivity contribution in [3.8, 4) is 0 Å². The summed E-state index contributed by atoms with van der Waals surface area (Å²) in [4.78, 5) is 10.3. The molecule has 0 amide bonds. The van der Waals surface area contributed by atoms with Gasteiger partial charge in [0.05, 0.1) is 0 Å². The van der Waals surface area contributed by atoms with E-state index in [2.05, 4.69) is 0 Å². The summed E-state index contributed by atoms with van der Waals surface area (Å²) in [5.41, 5.74) is 1.77. The highest BCUT2D eigenvalue weighted by molar-refractivity contribution is 5.81. The molecule has 0 fully saturated rings. The summed E-state index contributed by atoms with van der Waals surface area (Å²) in [6.45, 7) is 1.76. The number of nitrogens with zero attached hydrogens (tertiary/aromatic N) is 1. The van der Waals surface area contributed by atoms with Crippen molar-refractivity contribution in [1.29, 1.82) is 0 Å². The number of rotatable bonds is 3. The van der Waals surface area contributed by atoms with Crippen LogP contribution in [0.4, 0.5) is 0 Å². The molecule has 0 bridgehead atoms. The second-order valence-corrected chi connectivity index (χ2v) is 3.10. The smallest absolute Gasteiger partial charge is 0.328 e. The van der Waals surface area contributed by atoms with Crippen molar-refractivity contribution in [2.45, 2.75) is 6.92 Å². The molecule has 3 heteroatoms. The summed E-state index contributed by atoms with van der Waals surface area (Å²) >= 11 is 0. The summed E-state index contributed by atoms with van der Waals surface area (Å²) in [5.74, 6) is -0.918. The quantitative estimate of drug-likeness (QED) is 0.587. The summed E-state index contributed by atoms with van der Waals surface area (Å²) < 4.78 is 1.96. The van der Waals surface area contributed by atoms with Gasteiger partial charge >= 0.3 is 5.97 Å². The normalized spacial score (nSPS) is 12.3. The Hall–Kier alpha value is -1.77. The van der Waals surface area contributed by atoms with Crippen LogP contribution >= 0.6 is 0 Å². The van der Waals surface area contributed by atoms with Crippen molar-refractivity contribution in [1.82, 2.24) is 4.57 Å². The molecule has 0 unspecified atom stereocenters. The lowest BCUT2D eigenvalue weighted by Crippen LogP contribution is -1.89. The van der Waals surface area contributed by atoms with E-state index in [1.807, 2.05) is 36.0 Å². The maximum atomic E-state index is 10.3. The van der Waals surface area contributed by atoms with Gasteiger partial charge in [-0.05, 0) is 30.7 Å². The molecule has 1 aromatic rings. The molecule has 1 aromatic heterocycles. The standard InChI is InChI=1S/C11H13NO2/c1-9(8-11(13)14)5-6-10-4-3-7-12(10)2/h3-8H,1-2H3,(H,13,14)/b6-5+,9-8-. The highest BCUT2D eigenvalue weighted by Crippen LogP contribution is 2.05. The Kier molecular flexibility index (Phi) is 3.29. The minimum atomic E-state index is -0.918. The number of hydrogen-bond donors (Lipinski definition) is 1. The van der Waals surface area contributed by atoms with Gasteiger partial charge in [0.1, 0.15) is 0 Å². The van der Waals surface area contributed by atoms with Gasteiger partial charge < -0.3 is 9.67 Å². The second-order valence-electron chi connectivity index (χ2n) is 3.10. The molecular formula is C11H13NO2. The molecule has 0 saturated carbocycles. The fourth-order valence-corrected chi connectivity index (χ4v) is 1.11. The predicted octanol–water partition coefficient (Wildman–Crippen LogP) is 2.07. The molecule has 14 heavy (non-hydrogen) atoms. The SMILES string of the molecule is CC(=C/C(=O)O)/C=C/c1cccn1C. The molecule has 0 spiro atoms. The molecule has 0 atom stereocenters. The van der Waals surface area contributed by atoms with Crippen LogP contribution in [-0.2, 0) is 11.8 Å². The molecule has 0 aliphatic carbocycles. The average Bonchev–Trinajstić information content (AvgIpc) is 2.46. The van der Waals surface area contributed by atoms with Crippen LogP contribution in [0.5, 0.6) is 0 Å². The van der Waals surface area contributed by atoms with Crippen molar-refractivity contribution in [2.75, 3.05) is 0 Å². The van der Waals surface area contributed by atoms with Gasteiger partial charge in [-0.2, -0.15) is 0 Å². The zero-order chi connectivity index (χ0) is 10.6. The van der Waals surface area contributed by atoms with Crippen molar-refractivity contribution < 1.29 is 9.90 Å². The number of allylic oxidation sites excluding steroid dienone is 2. The van der Waals surface area contributed by atoms with Gasteiger partial charge in [-0.25, -0.2) is 4.79 Å². The summed E-state index contributed by atoms with van der Waals surface area (Å²) in [7, 11) is 1.94. The zero-order valence-electron chi connectivity index (χ0n) is 8.27. The van der Waals surface area contributed by atoms with Crippen molar-refractivity contribution in [3.05, 3.63) is 41.7 Å². The van der Waals surface area contributed by atoms with Crippen LogP contribution in [0, 0.1) is 0 Å². The summed E-state index contributed by atoms with van der Waals surface area (Å²) in [6.07, 6.45) is 6.79. The Balaban J connectivity index is 2.74. The molecular weight excluding hydrogens is 178 g/mol. The maximum absolute atomic E-state index is 10.3. The van der Waals surface area contributed by atoms with E-state index in [4.69, 9.17) is 5.11 Å². The third kappa shape index (κ3) is 2.94. The van der Waals surface area contributed by atoms with E-state index in [-0.39, 0.29) is 0 Å². The minimum Gasteiger partial charge on any atom is -0.478 e. The monoisotopic (exact) mass is 191 g/mol. The van der Waals surface area contributed by atoms with E-state index in [1.54, 1.807) is 13.0 Å². The zero-order valence-corrected chi connectivity index (χ0v) is 8.27. The number of aliphatic carboxylic acids is 1. The van der Waals surface area contributed by atoms with Crippen molar-refractivity contribution >= 4 is 12.0 Å². The average molecular weight is 191 g/mol. The molecule has 1 rings (SSSR count). The Labute approximate surface area is 83.0 Å². The molecule has 0 aromatic carbocycles. The molecule has 3 nitrogen and oxygen atoms in total. The van der Waals surface area contributed by atoms with Gasteiger partial charge in [0, 0.05) is 25.0 Å². The van der Waals surface area contributed by atoms with Crippen molar-refractivity contribution in [3.63, 3.8) is 0 Å². The molecule has 1 heterocycles. The van der Waals surface area contributed by atoms with Crippen LogP contribution in [0.3, 0.4) is 0 Å². The highest BCUT2D eigenvalue weighted by Gasteiger charge is 1.92. The van der Waals surface area contributed by atoms with Crippen LogP contribution in [0.1, 0.15) is 12.6 Å². The molecule has 0 radical (unpaired) electrons. The summed E-state index contributed by atoms with van der Waals surface area (Å²) in [6, 6.07) is 3.90. The van der Waals surface area contributed by atoms with E-state index in [1.165, 1.54) is 6.08 Å². The third-order valence-corrected chi connectivity index (χ3v) is 1.85. The fraction of sp³-hybridized carbons (Fsp3) is 0.182.